The predicted octanol–water partition coefficient (Wildman–Crippen LogP) is 0.214. The summed E-state index contributed by atoms with van der Waals surface area (Å²) in [5.41, 5.74) is 5.72. The molecule has 3 N–H and O–H groups in total. The Morgan fingerprint density at radius 3 is 3.12 bits per heavy atom. The first-order valence-electron chi connectivity index (χ1n) is 5.63. The van der Waals surface area contributed by atoms with Gasteiger partial charge in [-0.25, -0.2) is 4.98 Å². The number of amides is 1. The molecule has 0 radical (unpaired) electrons. The molecule has 92 valence electrons. The Balaban J connectivity index is 1.96. The first kappa shape index (κ1) is 11.8. The van der Waals surface area contributed by atoms with Gasteiger partial charge in [-0.1, -0.05) is 0 Å². The van der Waals surface area contributed by atoms with E-state index in [4.69, 9.17) is 10.5 Å². The monoisotopic (exact) mass is 236 g/mol. The second-order valence-corrected chi connectivity index (χ2v) is 4.21. The van der Waals surface area contributed by atoms with E-state index in [-0.39, 0.29) is 23.5 Å². The number of hydrogen-bond acceptors (Lipinski definition) is 5. The number of nitrogens with two attached hydrogens (primary N) is 1. The van der Waals surface area contributed by atoms with E-state index in [2.05, 4.69) is 15.3 Å². The Kier molecular flexibility index (Phi) is 3.53. The van der Waals surface area contributed by atoms with Crippen LogP contribution in [0.1, 0.15) is 23.8 Å². The zero-order chi connectivity index (χ0) is 12.3. The maximum Gasteiger partial charge on any atom is 0.271 e. The van der Waals surface area contributed by atoms with Crippen molar-refractivity contribution >= 4 is 11.7 Å². The topological polar surface area (TPSA) is 90.1 Å². The fraction of sp³-hybridized carbons (Fsp3) is 0.545. The molecule has 2 unspecified atom stereocenters. The number of ether oxygens (including phenoxy) is 1. The highest BCUT2D eigenvalue weighted by molar-refractivity contribution is 5.92. The molecule has 2 atom stereocenters. The first-order valence-corrected chi connectivity index (χ1v) is 5.63. The Hall–Kier alpha value is -1.69. The molecule has 1 aromatic rings. The van der Waals surface area contributed by atoms with Crippen LogP contribution in [0.2, 0.25) is 0 Å². The summed E-state index contributed by atoms with van der Waals surface area (Å²) in [6, 6.07) is 0.0632. The fourth-order valence-electron chi connectivity index (χ4n) is 1.84. The van der Waals surface area contributed by atoms with Crippen molar-refractivity contribution in [3.8, 4) is 0 Å². The highest BCUT2D eigenvalue weighted by atomic mass is 16.5. The summed E-state index contributed by atoms with van der Waals surface area (Å²) in [6.45, 7) is 3.43. The summed E-state index contributed by atoms with van der Waals surface area (Å²) in [5.74, 6) is 0.367. The highest BCUT2D eigenvalue weighted by Crippen LogP contribution is 2.16. The molecule has 6 nitrogen and oxygen atoms in total. The zero-order valence-electron chi connectivity index (χ0n) is 9.72. The second kappa shape index (κ2) is 5.09. The van der Waals surface area contributed by atoms with Gasteiger partial charge in [0, 0.05) is 18.6 Å². The van der Waals surface area contributed by atoms with Crippen LogP contribution < -0.4 is 11.1 Å². The van der Waals surface area contributed by atoms with E-state index in [1.165, 1.54) is 12.4 Å². The number of nitrogen functional groups attached to an aromatic ring is 1. The predicted molar refractivity (Wildman–Crippen MR) is 62.3 cm³/mol. The number of nitrogens with zero attached hydrogens (tertiary/aromatic N) is 2. The molecular formula is C11H16N4O2. The molecule has 0 bridgehead atoms. The molecule has 1 aliphatic heterocycles. The SMILES string of the molecule is CC(NC(=O)c1cncc(N)n1)C1CCOC1. The van der Waals surface area contributed by atoms with Gasteiger partial charge in [-0.15, -0.1) is 0 Å². The summed E-state index contributed by atoms with van der Waals surface area (Å²) >= 11 is 0. The number of aromatic nitrogens is 2. The van der Waals surface area contributed by atoms with Crippen LogP contribution in [-0.4, -0.2) is 35.1 Å². The van der Waals surface area contributed by atoms with Crippen molar-refractivity contribution < 1.29 is 9.53 Å². The van der Waals surface area contributed by atoms with Crippen molar-refractivity contribution in [1.82, 2.24) is 15.3 Å². The van der Waals surface area contributed by atoms with E-state index in [0.717, 1.165) is 13.0 Å². The molecule has 0 spiro atoms. The summed E-state index contributed by atoms with van der Waals surface area (Å²) in [4.78, 5) is 19.6. The van der Waals surface area contributed by atoms with Crippen LogP contribution in [0.5, 0.6) is 0 Å². The van der Waals surface area contributed by atoms with Crippen molar-refractivity contribution in [2.24, 2.45) is 5.92 Å². The third-order valence-corrected chi connectivity index (χ3v) is 2.92. The van der Waals surface area contributed by atoms with Crippen LogP contribution >= 0.6 is 0 Å². The van der Waals surface area contributed by atoms with Crippen molar-refractivity contribution in [1.29, 1.82) is 0 Å². The van der Waals surface area contributed by atoms with Crippen LogP contribution in [0.15, 0.2) is 12.4 Å². The minimum absolute atomic E-state index is 0.0632. The van der Waals surface area contributed by atoms with Gasteiger partial charge in [0.05, 0.1) is 19.0 Å². The van der Waals surface area contributed by atoms with Crippen molar-refractivity contribution in [2.45, 2.75) is 19.4 Å². The van der Waals surface area contributed by atoms with E-state index >= 15 is 0 Å². The number of carbonyl (C=O) groups excluding carboxylic acids is 1. The normalized spacial score (nSPS) is 21.1. The molecule has 1 amide bonds. The molecule has 1 aromatic heterocycles. The smallest absolute Gasteiger partial charge is 0.271 e. The summed E-state index contributed by atoms with van der Waals surface area (Å²) < 4.78 is 5.29. The van der Waals surface area contributed by atoms with E-state index in [9.17, 15) is 4.79 Å². The van der Waals surface area contributed by atoms with Crippen LogP contribution in [0.25, 0.3) is 0 Å². The van der Waals surface area contributed by atoms with Gasteiger partial charge >= 0.3 is 0 Å². The molecule has 1 aliphatic rings. The van der Waals surface area contributed by atoms with E-state index in [0.29, 0.717) is 12.5 Å². The Labute approximate surface area is 99.6 Å². The lowest BCUT2D eigenvalue weighted by Crippen LogP contribution is -2.38. The van der Waals surface area contributed by atoms with Gasteiger partial charge in [0.25, 0.3) is 5.91 Å². The maximum absolute atomic E-state index is 11.9. The van der Waals surface area contributed by atoms with E-state index < -0.39 is 0 Å². The molecule has 0 aromatic carbocycles. The first-order chi connectivity index (χ1) is 8.16. The molecule has 17 heavy (non-hydrogen) atoms. The molecule has 0 saturated carbocycles. The average molecular weight is 236 g/mol. The third kappa shape index (κ3) is 2.91. The van der Waals surface area contributed by atoms with Gasteiger partial charge in [0.1, 0.15) is 11.5 Å². The van der Waals surface area contributed by atoms with Gasteiger partial charge < -0.3 is 15.8 Å². The zero-order valence-corrected chi connectivity index (χ0v) is 9.72. The largest absolute Gasteiger partial charge is 0.382 e. The van der Waals surface area contributed by atoms with Crippen LogP contribution in [0.4, 0.5) is 5.82 Å². The molecule has 0 aliphatic carbocycles. The number of nitrogens with one attached hydrogen (secondary N) is 1. The summed E-state index contributed by atoms with van der Waals surface area (Å²) in [7, 11) is 0. The van der Waals surface area contributed by atoms with Gasteiger partial charge in [-0.05, 0) is 13.3 Å². The molecule has 2 rings (SSSR count). The third-order valence-electron chi connectivity index (χ3n) is 2.92. The molecular weight excluding hydrogens is 220 g/mol. The Morgan fingerprint density at radius 1 is 1.65 bits per heavy atom. The van der Waals surface area contributed by atoms with Crippen molar-refractivity contribution in [3.63, 3.8) is 0 Å². The maximum atomic E-state index is 11.9. The molecule has 2 heterocycles. The van der Waals surface area contributed by atoms with Crippen molar-refractivity contribution in [2.75, 3.05) is 18.9 Å². The number of hydrogen-bond donors (Lipinski definition) is 2. The quantitative estimate of drug-likeness (QED) is 0.783. The number of rotatable bonds is 3. The molecule has 1 fully saturated rings. The average Bonchev–Trinajstić information content (AvgIpc) is 2.82. The number of carbonyl (C=O) groups is 1. The number of anilines is 1. The van der Waals surface area contributed by atoms with Gasteiger partial charge in [0.2, 0.25) is 0 Å². The van der Waals surface area contributed by atoms with Gasteiger partial charge in [0.15, 0.2) is 0 Å². The lowest BCUT2D eigenvalue weighted by molar-refractivity contribution is 0.0917. The van der Waals surface area contributed by atoms with Crippen molar-refractivity contribution in [3.05, 3.63) is 18.1 Å². The standard InChI is InChI=1S/C11H16N4O2/c1-7(8-2-3-17-6-8)14-11(16)9-4-13-5-10(12)15-9/h4-5,7-8H,2-3,6H2,1H3,(H2,12,15)(H,14,16). The van der Waals surface area contributed by atoms with E-state index in [1.54, 1.807) is 0 Å². The Morgan fingerprint density at radius 2 is 2.47 bits per heavy atom. The highest BCUT2D eigenvalue weighted by Gasteiger charge is 2.24. The van der Waals surface area contributed by atoms with Crippen LogP contribution in [0.3, 0.4) is 0 Å². The second-order valence-electron chi connectivity index (χ2n) is 4.21. The fourth-order valence-corrected chi connectivity index (χ4v) is 1.84. The lowest BCUT2D eigenvalue weighted by Gasteiger charge is -2.18. The lowest BCUT2D eigenvalue weighted by atomic mass is 10.0. The summed E-state index contributed by atoms with van der Waals surface area (Å²) in [5, 5.41) is 2.89. The minimum Gasteiger partial charge on any atom is -0.382 e. The van der Waals surface area contributed by atoms with E-state index in [1.807, 2.05) is 6.92 Å². The van der Waals surface area contributed by atoms with Crippen LogP contribution in [0, 0.1) is 5.92 Å². The molecule has 6 heteroatoms. The molecule has 1 saturated heterocycles. The summed E-state index contributed by atoms with van der Waals surface area (Å²) in [6.07, 6.45) is 3.79. The minimum atomic E-state index is -0.246. The van der Waals surface area contributed by atoms with Gasteiger partial charge in [-0.3, -0.25) is 9.78 Å². The Bertz CT molecular complexity index is 404. The van der Waals surface area contributed by atoms with Gasteiger partial charge in [-0.2, -0.15) is 0 Å². The van der Waals surface area contributed by atoms with Crippen LogP contribution in [-0.2, 0) is 4.74 Å².